The maximum atomic E-state index is 12.2. The number of benzene rings is 1. The molecule has 1 aromatic carbocycles. The van der Waals surface area contributed by atoms with E-state index in [2.05, 4.69) is 0 Å². The first-order valence-electron chi connectivity index (χ1n) is 5.44. The van der Waals surface area contributed by atoms with Crippen LogP contribution in [0, 0.1) is 10.1 Å². The summed E-state index contributed by atoms with van der Waals surface area (Å²) in [6.45, 7) is 0.215. The van der Waals surface area contributed by atoms with E-state index in [1.165, 1.54) is 0 Å². The topological polar surface area (TPSA) is 101 Å². The van der Waals surface area contributed by atoms with E-state index in [9.17, 15) is 23.6 Å². The summed E-state index contributed by atoms with van der Waals surface area (Å²) in [4.78, 5) is 9.73. The van der Waals surface area contributed by atoms with E-state index in [0.717, 1.165) is 22.5 Å². The lowest BCUT2D eigenvalue weighted by molar-refractivity contribution is -0.384. The fraction of sp³-hybridized carbons (Fsp3) is 0.400. The van der Waals surface area contributed by atoms with Gasteiger partial charge in [0, 0.05) is 25.2 Å². The minimum absolute atomic E-state index is 0.00957. The van der Waals surface area contributed by atoms with Gasteiger partial charge in [-0.25, -0.2) is 8.42 Å². The molecule has 0 radical (unpaired) electrons. The van der Waals surface area contributed by atoms with Crippen LogP contribution in [-0.2, 0) is 10.0 Å². The second-order valence-corrected chi connectivity index (χ2v) is 6.49. The van der Waals surface area contributed by atoms with E-state index >= 15 is 0 Å². The minimum atomic E-state index is -3.83. The molecule has 0 aromatic heterocycles. The molecule has 104 valence electrons. The van der Waals surface area contributed by atoms with Crippen molar-refractivity contribution >= 4 is 27.3 Å². The van der Waals surface area contributed by atoms with Gasteiger partial charge in [-0.15, -0.1) is 0 Å². The van der Waals surface area contributed by atoms with Gasteiger partial charge in [-0.3, -0.25) is 10.1 Å². The first-order chi connectivity index (χ1) is 8.82. The standard InChI is InChI=1S/C10H11ClN2O5S/c11-9-5-7(13(15)16)1-2-10(9)19(17,18)12-4-3-8(14)6-12/h1-2,5,8,14H,3-4,6H2/t8-/m0/s1. The molecule has 7 nitrogen and oxygen atoms in total. The van der Waals surface area contributed by atoms with Crippen molar-refractivity contribution in [3.63, 3.8) is 0 Å². The van der Waals surface area contributed by atoms with Crippen LogP contribution in [-0.4, -0.2) is 41.9 Å². The Morgan fingerprint density at radius 1 is 1.47 bits per heavy atom. The minimum Gasteiger partial charge on any atom is -0.392 e. The molecule has 1 aromatic rings. The van der Waals surface area contributed by atoms with Gasteiger partial charge >= 0.3 is 0 Å². The number of halogens is 1. The summed E-state index contributed by atoms with van der Waals surface area (Å²) in [5, 5.41) is 19.7. The average molecular weight is 307 g/mol. The molecule has 9 heteroatoms. The van der Waals surface area contributed by atoms with Crippen LogP contribution in [0.4, 0.5) is 5.69 Å². The number of nitro benzene ring substituents is 1. The van der Waals surface area contributed by atoms with Gasteiger partial charge in [-0.05, 0) is 12.5 Å². The number of nitrogens with zero attached hydrogens (tertiary/aromatic N) is 2. The third-order valence-electron chi connectivity index (χ3n) is 2.87. The summed E-state index contributed by atoms with van der Waals surface area (Å²) in [6, 6.07) is 3.20. The lowest BCUT2D eigenvalue weighted by atomic mass is 10.3. The zero-order valence-electron chi connectivity index (χ0n) is 9.69. The van der Waals surface area contributed by atoms with Gasteiger partial charge in [-0.1, -0.05) is 11.6 Å². The van der Waals surface area contributed by atoms with Crippen molar-refractivity contribution < 1.29 is 18.4 Å². The van der Waals surface area contributed by atoms with Crippen LogP contribution in [0.3, 0.4) is 0 Å². The summed E-state index contributed by atoms with van der Waals surface area (Å²) < 4.78 is 25.6. The van der Waals surface area contributed by atoms with E-state index in [0.29, 0.717) is 6.42 Å². The molecule has 2 rings (SSSR count). The summed E-state index contributed by atoms with van der Waals surface area (Å²) in [7, 11) is -3.83. The summed E-state index contributed by atoms with van der Waals surface area (Å²) in [5.41, 5.74) is -0.273. The SMILES string of the molecule is O=[N+]([O-])c1ccc(S(=O)(=O)N2CC[C@H](O)C2)c(Cl)c1. The quantitative estimate of drug-likeness (QED) is 0.663. The molecule has 0 saturated carbocycles. The van der Waals surface area contributed by atoms with Gasteiger partial charge in [0.1, 0.15) is 4.90 Å². The highest BCUT2D eigenvalue weighted by atomic mass is 35.5. The Bertz CT molecular complexity index is 618. The summed E-state index contributed by atoms with van der Waals surface area (Å²) >= 11 is 5.80. The number of hydrogen-bond acceptors (Lipinski definition) is 5. The van der Waals surface area contributed by atoms with Crippen LogP contribution >= 0.6 is 11.6 Å². The van der Waals surface area contributed by atoms with Crippen LogP contribution in [0.2, 0.25) is 5.02 Å². The molecule has 1 aliphatic rings. The number of nitro groups is 1. The Hall–Kier alpha value is -1.22. The second kappa shape index (κ2) is 5.04. The fourth-order valence-corrected chi connectivity index (χ4v) is 3.89. The number of aliphatic hydroxyl groups is 1. The molecule has 1 saturated heterocycles. The van der Waals surface area contributed by atoms with E-state index < -0.39 is 21.1 Å². The van der Waals surface area contributed by atoms with E-state index in [4.69, 9.17) is 11.6 Å². The molecule has 0 bridgehead atoms. The molecule has 1 fully saturated rings. The van der Waals surface area contributed by atoms with Crippen molar-refractivity contribution in [3.8, 4) is 0 Å². The molecule has 1 heterocycles. The largest absolute Gasteiger partial charge is 0.392 e. The first-order valence-corrected chi connectivity index (χ1v) is 7.26. The molecule has 1 N–H and O–H groups in total. The zero-order valence-corrected chi connectivity index (χ0v) is 11.3. The van der Waals surface area contributed by atoms with Crippen LogP contribution in [0.5, 0.6) is 0 Å². The molecule has 0 spiro atoms. The number of hydrogen-bond donors (Lipinski definition) is 1. The van der Waals surface area contributed by atoms with Gasteiger partial charge in [0.2, 0.25) is 10.0 Å². The maximum Gasteiger partial charge on any atom is 0.271 e. The van der Waals surface area contributed by atoms with E-state index in [1.54, 1.807) is 0 Å². The van der Waals surface area contributed by atoms with Crippen LogP contribution in [0.15, 0.2) is 23.1 Å². The highest BCUT2D eigenvalue weighted by Crippen LogP contribution is 2.30. The van der Waals surface area contributed by atoms with Gasteiger partial charge in [-0.2, -0.15) is 4.31 Å². The Morgan fingerprint density at radius 3 is 2.63 bits per heavy atom. The monoisotopic (exact) mass is 306 g/mol. The van der Waals surface area contributed by atoms with Gasteiger partial charge in [0.05, 0.1) is 16.0 Å². The molecule has 0 unspecified atom stereocenters. The van der Waals surface area contributed by atoms with Crippen molar-refractivity contribution in [1.82, 2.24) is 4.31 Å². The maximum absolute atomic E-state index is 12.2. The van der Waals surface area contributed by atoms with Crippen molar-refractivity contribution in [3.05, 3.63) is 33.3 Å². The van der Waals surface area contributed by atoms with Gasteiger partial charge < -0.3 is 5.11 Å². The van der Waals surface area contributed by atoms with Crippen molar-refractivity contribution in [2.45, 2.75) is 17.4 Å². The Morgan fingerprint density at radius 2 is 2.16 bits per heavy atom. The lowest BCUT2D eigenvalue weighted by Crippen LogP contribution is -2.29. The van der Waals surface area contributed by atoms with Crippen LogP contribution < -0.4 is 0 Å². The number of non-ortho nitro benzene ring substituents is 1. The first kappa shape index (κ1) is 14.2. The third-order valence-corrected chi connectivity index (χ3v) is 5.22. The second-order valence-electron chi connectivity index (χ2n) is 4.18. The molecule has 0 amide bonds. The predicted octanol–water partition coefficient (Wildman–Crippen LogP) is 1.00. The molecule has 19 heavy (non-hydrogen) atoms. The van der Waals surface area contributed by atoms with Gasteiger partial charge in [0.25, 0.3) is 5.69 Å². The van der Waals surface area contributed by atoms with Crippen LogP contribution in [0.25, 0.3) is 0 Å². The van der Waals surface area contributed by atoms with Crippen molar-refractivity contribution in [2.24, 2.45) is 0 Å². The average Bonchev–Trinajstić information content (AvgIpc) is 2.76. The lowest BCUT2D eigenvalue weighted by Gasteiger charge is -2.16. The molecular weight excluding hydrogens is 296 g/mol. The Balaban J connectivity index is 2.38. The van der Waals surface area contributed by atoms with E-state index in [-0.39, 0.29) is 28.7 Å². The number of sulfonamides is 1. The fourth-order valence-electron chi connectivity index (χ4n) is 1.88. The summed E-state index contributed by atoms with van der Waals surface area (Å²) in [6.07, 6.45) is -0.323. The number of rotatable bonds is 3. The molecular formula is C10H11ClN2O5S. The molecule has 1 atom stereocenters. The smallest absolute Gasteiger partial charge is 0.271 e. The Labute approximate surface area is 114 Å². The number of β-amino-alcohol motifs (C(OH)–C–C–N with tert-alkyl or cyclic N) is 1. The normalized spacial score (nSPS) is 20.6. The molecule has 0 aliphatic carbocycles. The van der Waals surface area contributed by atoms with Crippen LogP contribution in [0.1, 0.15) is 6.42 Å². The van der Waals surface area contributed by atoms with Crippen molar-refractivity contribution in [2.75, 3.05) is 13.1 Å². The highest BCUT2D eigenvalue weighted by Gasteiger charge is 2.33. The number of aliphatic hydroxyl groups excluding tert-OH is 1. The summed E-state index contributed by atoms with van der Waals surface area (Å²) in [5.74, 6) is 0. The van der Waals surface area contributed by atoms with Crippen molar-refractivity contribution in [1.29, 1.82) is 0 Å². The van der Waals surface area contributed by atoms with E-state index in [1.807, 2.05) is 0 Å². The van der Waals surface area contributed by atoms with Gasteiger partial charge in [0.15, 0.2) is 0 Å². The predicted molar refractivity (Wildman–Crippen MR) is 67.5 cm³/mol. The Kier molecular flexibility index (Phi) is 3.77. The molecule has 1 aliphatic heterocycles. The highest BCUT2D eigenvalue weighted by molar-refractivity contribution is 7.89. The zero-order chi connectivity index (χ0) is 14.2. The third kappa shape index (κ3) is 2.71.